The zero-order valence-electron chi connectivity index (χ0n) is 22.6. The molecule has 0 aromatic heterocycles. The molecule has 0 aliphatic rings. The number of nitrogens with two attached hydrogens (primary N) is 1. The highest BCUT2D eigenvalue weighted by Crippen LogP contribution is 2.23. The summed E-state index contributed by atoms with van der Waals surface area (Å²) in [6.07, 6.45) is 3.15. The van der Waals surface area contributed by atoms with Crippen LogP contribution >= 0.6 is 0 Å². The van der Waals surface area contributed by atoms with E-state index in [1.165, 1.54) is 13.2 Å². The smallest absolute Gasteiger partial charge is 0.330 e. The largest absolute Gasteiger partial charge is 0.466 e. The number of anilines is 1. The Hall–Kier alpha value is -5.21. The number of esters is 1. The maximum absolute atomic E-state index is 13.5. The monoisotopic (exact) mass is 549 g/mol. The first-order chi connectivity index (χ1) is 19.9. The van der Waals surface area contributed by atoms with E-state index in [-0.39, 0.29) is 18.2 Å². The molecule has 0 aliphatic heterocycles. The molecule has 8 heteroatoms. The van der Waals surface area contributed by atoms with Gasteiger partial charge in [0.2, 0.25) is 5.91 Å². The molecule has 2 amide bonds. The first-order valence-electron chi connectivity index (χ1n) is 13.0. The van der Waals surface area contributed by atoms with Gasteiger partial charge < -0.3 is 25.8 Å². The Labute approximate surface area is 238 Å². The maximum Gasteiger partial charge on any atom is 0.330 e. The van der Waals surface area contributed by atoms with Crippen molar-refractivity contribution < 1.29 is 23.9 Å². The van der Waals surface area contributed by atoms with E-state index in [1.54, 1.807) is 54.6 Å². The lowest BCUT2D eigenvalue weighted by Crippen LogP contribution is -2.45. The Morgan fingerprint density at radius 3 is 2.22 bits per heavy atom. The van der Waals surface area contributed by atoms with Crippen LogP contribution in [0.4, 0.5) is 5.69 Å². The van der Waals surface area contributed by atoms with E-state index in [2.05, 4.69) is 15.4 Å². The zero-order chi connectivity index (χ0) is 29.0. The molecular weight excluding hydrogens is 518 g/mol. The van der Waals surface area contributed by atoms with Crippen LogP contribution in [0, 0.1) is 0 Å². The van der Waals surface area contributed by atoms with Crippen LogP contribution in [-0.4, -0.2) is 30.9 Å². The van der Waals surface area contributed by atoms with E-state index in [9.17, 15) is 14.4 Å². The topological polar surface area (TPSA) is 120 Å². The highest BCUT2D eigenvalue weighted by Gasteiger charge is 2.23. The van der Waals surface area contributed by atoms with Crippen LogP contribution in [0.2, 0.25) is 0 Å². The van der Waals surface area contributed by atoms with Crippen molar-refractivity contribution in [1.29, 1.82) is 0 Å². The minimum absolute atomic E-state index is 0.227. The molecule has 1 unspecified atom stereocenters. The van der Waals surface area contributed by atoms with Gasteiger partial charge in [-0.2, -0.15) is 0 Å². The summed E-state index contributed by atoms with van der Waals surface area (Å²) in [7, 11) is 1.31. The number of para-hydroxylation sites is 1. The predicted molar refractivity (Wildman–Crippen MR) is 158 cm³/mol. The fraction of sp³-hybridized carbons (Fsp3) is 0.121. The average molecular weight is 550 g/mol. The molecule has 41 heavy (non-hydrogen) atoms. The third-order valence-corrected chi connectivity index (χ3v) is 6.18. The molecule has 0 bridgehead atoms. The number of methoxy groups -OCH3 is 1. The van der Waals surface area contributed by atoms with Crippen molar-refractivity contribution >= 4 is 29.5 Å². The van der Waals surface area contributed by atoms with Gasteiger partial charge in [-0.15, -0.1) is 0 Å². The van der Waals surface area contributed by atoms with Gasteiger partial charge in [-0.05, 0) is 71.3 Å². The Balaban J connectivity index is 1.52. The lowest BCUT2D eigenvalue weighted by molar-refractivity contribution is -0.134. The molecule has 4 aromatic rings. The van der Waals surface area contributed by atoms with E-state index in [4.69, 9.17) is 10.5 Å². The molecule has 1 atom stereocenters. The van der Waals surface area contributed by atoms with E-state index < -0.39 is 12.0 Å². The van der Waals surface area contributed by atoms with Crippen LogP contribution in [0.15, 0.2) is 109 Å². The number of nitrogens with one attached hydrogen (secondary N) is 2. The maximum atomic E-state index is 13.5. The molecule has 4 aromatic carbocycles. The minimum atomic E-state index is -0.887. The van der Waals surface area contributed by atoms with Gasteiger partial charge in [0.25, 0.3) is 5.91 Å². The molecule has 0 fully saturated rings. The summed E-state index contributed by atoms with van der Waals surface area (Å²) in [6.45, 7) is 0.367. The number of ether oxygens (including phenoxy) is 2. The van der Waals surface area contributed by atoms with Crippen molar-refractivity contribution in [1.82, 2.24) is 5.32 Å². The van der Waals surface area contributed by atoms with Crippen LogP contribution in [-0.2, 0) is 27.3 Å². The van der Waals surface area contributed by atoms with Crippen molar-refractivity contribution in [2.24, 2.45) is 5.73 Å². The summed E-state index contributed by atoms with van der Waals surface area (Å²) < 4.78 is 10.6. The summed E-state index contributed by atoms with van der Waals surface area (Å²) in [4.78, 5) is 37.9. The van der Waals surface area contributed by atoms with Crippen LogP contribution in [0.25, 0.3) is 6.08 Å². The van der Waals surface area contributed by atoms with Gasteiger partial charge in [0.15, 0.2) is 0 Å². The van der Waals surface area contributed by atoms with Gasteiger partial charge in [0.1, 0.15) is 17.5 Å². The van der Waals surface area contributed by atoms with Crippen LogP contribution in [0.3, 0.4) is 0 Å². The molecule has 0 spiro atoms. The van der Waals surface area contributed by atoms with Gasteiger partial charge in [0, 0.05) is 30.3 Å². The summed E-state index contributed by atoms with van der Waals surface area (Å²) in [5, 5.41) is 5.75. The van der Waals surface area contributed by atoms with Crippen molar-refractivity contribution in [2.75, 3.05) is 12.4 Å². The number of carbonyl (C=O) groups excluding carboxylic acids is 3. The second-order valence-corrected chi connectivity index (χ2v) is 9.16. The number of carbonyl (C=O) groups is 3. The lowest BCUT2D eigenvalue weighted by Gasteiger charge is -2.19. The third kappa shape index (κ3) is 8.64. The van der Waals surface area contributed by atoms with Crippen molar-refractivity contribution in [3.05, 3.63) is 131 Å². The normalized spacial score (nSPS) is 11.5. The van der Waals surface area contributed by atoms with E-state index in [1.807, 2.05) is 54.6 Å². The molecule has 0 heterocycles. The van der Waals surface area contributed by atoms with Crippen molar-refractivity contribution in [2.45, 2.75) is 19.0 Å². The Morgan fingerprint density at radius 2 is 1.54 bits per heavy atom. The summed E-state index contributed by atoms with van der Waals surface area (Å²) in [5.74, 6) is 0.0833. The first-order valence-corrected chi connectivity index (χ1v) is 13.0. The average Bonchev–Trinajstić information content (AvgIpc) is 3.01. The SMILES string of the molecule is COC(=O)C=Cc1ccc(NC(=O)C(Cc2cccc(Oc3ccccc3)c2)NC(=O)c2ccc(CN)cc2)cc1. The van der Waals surface area contributed by atoms with Crippen molar-refractivity contribution in [3.8, 4) is 11.5 Å². The van der Waals surface area contributed by atoms with E-state index in [0.717, 1.165) is 16.7 Å². The fourth-order valence-electron chi connectivity index (χ4n) is 3.98. The lowest BCUT2D eigenvalue weighted by atomic mass is 10.0. The van der Waals surface area contributed by atoms with Gasteiger partial charge in [0.05, 0.1) is 7.11 Å². The Morgan fingerprint density at radius 1 is 0.829 bits per heavy atom. The van der Waals surface area contributed by atoms with Crippen LogP contribution < -0.4 is 21.1 Å². The molecule has 8 nitrogen and oxygen atoms in total. The molecule has 4 rings (SSSR count). The van der Waals surface area contributed by atoms with Gasteiger partial charge in [-0.1, -0.05) is 54.6 Å². The van der Waals surface area contributed by atoms with E-state index in [0.29, 0.717) is 29.3 Å². The molecular formula is C33H31N3O5. The summed E-state index contributed by atoms with van der Waals surface area (Å²) in [5.41, 5.74) is 9.10. The van der Waals surface area contributed by atoms with E-state index >= 15 is 0 Å². The highest BCUT2D eigenvalue weighted by molar-refractivity contribution is 6.01. The molecule has 0 aliphatic carbocycles. The quantitative estimate of drug-likeness (QED) is 0.177. The van der Waals surface area contributed by atoms with Crippen LogP contribution in [0.1, 0.15) is 27.0 Å². The van der Waals surface area contributed by atoms with Crippen LogP contribution in [0.5, 0.6) is 11.5 Å². The third-order valence-electron chi connectivity index (χ3n) is 6.18. The van der Waals surface area contributed by atoms with Gasteiger partial charge >= 0.3 is 5.97 Å². The Kier molecular flexibility index (Phi) is 10.0. The summed E-state index contributed by atoms with van der Waals surface area (Å²) in [6, 6.07) is 29.8. The molecule has 0 saturated heterocycles. The minimum Gasteiger partial charge on any atom is -0.466 e. The molecule has 4 N–H and O–H groups in total. The number of hydrogen-bond donors (Lipinski definition) is 3. The Bertz CT molecular complexity index is 1500. The first kappa shape index (κ1) is 28.8. The highest BCUT2D eigenvalue weighted by atomic mass is 16.5. The van der Waals surface area contributed by atoms with Gasteiger partial charge in [-0.25, -0.2) is 4.79 Å². The second kappa shape index (κ2) is 14.3. The molecule has 0 saturated carbocycles. The van der Waals surface area contributed by atoms with Gasteiger partial charge in [-0.3, -0.25) is 9.59 Å². The standard InChI is InChI=1S/C33H31N3O5/c1-40-31(37)19-14-23-12-17-27(18-13-23)35-33(39)30(36-32(38)26-15-10-24(22-34)11-16-26)21-25-6-5-9-29(20-25)41-28-7-3-2-4-8-28/h2-20,30H,21-22,34H2,1H3,(H,35,39)(H,36,38). The molecule has 208 valence electrons. The predicted octanol–water partition coefficient (Wildman–Crippen LogP) is 5.10. The van der Waals surface area contributed by atoms with Crippen molar-refractivity contribution in [3.63, 3.8) is 0 Å². The zero-order valence-corrected chi connectivity index (χ0v) is 22.6. The number of hydrogen-bond acceptors (Lipinski definition) is 6. The fourth-order valence-corrected chi connectivity index (χ4v) is 3.98. The summed E-state index contributed by atoms with van der Waals surface area (Å²) >= 11 is 0. The number of amides is 2. The second-order valence-electron chi connectivity index (χ2n) is 9.16. The number of benzene rings is 4. The number of rotatable bonds is 11. The molecule has 0 radical (unpaired) electrons.